The van der Waals surface area contributed by atoms with Crippen LogP contribution in [0.25, 0.3) is 27.4 Å². The molecular weight excluding hydrogens is 620 g/mol. The van der Waals surface area contributed by atoms with Crippen LogP contribution in [0.2, 0.25) is 0 Å². The van der Waals surface area contributed by atoms with Gasteiger partial charge in [-0.1, -0.05) is 36.4 Å². The fourth-order valence-corrected chi connectivity index (χ4v) is 5.58. The Morgan fingerprint density at radius 2 is 1.40 bits per heavy atom. The van der Waals surface area contributed by atoms with Gasteiger partial charge < -0.3 is 36.1 Å². The first-order chi connectivity index (χ1) is 22.9. The number of para-hydroxylation sites is 2. The highest BCUT2D eigenvalue weighted by molar-refractivity contribution is 6.37. The second kappa shape index (κ2) is 14.0. The lowest BCUT2D eigenvalue weighted by Crippen LogP contribution is -2.48. The van der Waals surface area contributed by atoms with E-state index in [4.69, 9.17) is 5.73 Å². The highest BCUT2D eigenvalue weighted by Crippen LogP contribution is 2.38. The van der Waals surface area contributed by atoms with Gasteiger partial charge in [-0.3, -0.25) is 38.9 Å². The summed E-state index contributed by atoms with van der Waals surface area (Å²) in [6.07, 6.45) is 3.22. The van der Waals surface area contributed by atoms with Gasteiger partial charge in [-0.2, -0.15) is 0 Å². The van der Waals surface area contributed by atoms with Gasteiger partial charge in [-0.15, -0.1) is 0 Å². The minimum absolute atomic E-state index is 0.114. The normalized spacial score (nSPS) is 14.0. The van der Waals surface area contributed by atoms with E-state index in [1.54, 1.807) is 17.0 Å². The molecular formula is C33H34N8O7. The Labute approximate surface area is 273 Å². The predicted molar refractivity (Wildman–Crippen MR) is 174 cm³/mol. The fourth-order valence-electron chi connectivity index (χ4n) is 5.58. The molecule has 0 fully saturated rings. The van der Waals surface area contributed by atoms with E-state index in [1.165, 1.54) is 6.92 Å². The number of aromatic nitrogens is 2. The lowest BCUT2D eigenvalue weighted by atomic mass is 9.94. The van der Waals surface area contributed by atoms with E-state index in [0.717, 1.165) is 21.8 Å². The average molecular weight is 655 g/mol. The van der Waals surface area contributed by atoms with E-state index in [9.17, 15) is 33.6 Å². The monoisotopic (exact) mass is 654 g/mol. The Kier molecular flexibility index (Phi) is 9.68. The SMILES string of the molecule is C[C@H](NC(=O)CNC(=O)CNC(=O)CNC(=O)CC(C1=C(c2cn(C)c3ccccc23)C(=O)NC1=O)n1ccc2ccccc21)C(N)=O. The maximum atomic E-state index is 13.5. The molecule has 4 aromatic rings. The first-order valence-corrected chi connectivity index (χ1v) is 15.0. The molecule has 0 bridgehead atoms. The molecule has 7 amide bonds. The highest BCUT2D eigenvalue weighted by Gasteiger charge is 2.39. The lowest BCUT2D eigenvalue weighted by Gasteiger charge is -2.21. The molecule has 5 rings (SSSR count). The number of rotatable bonds is 13. The zero-order valence-electron chi connectivity index (χ0n) is 26.2. The minimum Gasteiger partial charge on any atom is -0.368 e. The van der Waals surface area contributed by atoms with Crippen molar-refractivity contribution in [3.63, 3.8) is 0 Å². The van der Waals surface area contributed by atoms with Crippen molar-refractivity contribution in [1.29, 1.82) is 0 Å². The number of amides is 7. The molecule has 7 N–H and O–H groups in total. The number of aryl methyl sites for hydroxylation is 1. The summed E-state index contributed by atoms with van der Waals surface area (Å²) in [5.74, 6) is -4.53. The summed E-state index contributed by atoms with van der Waals surface area (Å²) in [4.78, 5) is 87.5. The van der Waals surface area contributed by atoms with E-state index < -0.39 is 73.1 Å². The largest absolute Gasteiger partial charge is 0.368 e. The maximum Gasteiger partial charge on any atom is 0.259 e. The molecule has 0 aliphatic carbocycles. The third kappa shape index (κ3) is 7.09. The van der Waals surface area contributed by atoms with Crippen LogP contribution in [0.1, 0.15) is 24.9 Å². The molecule has 0 saturated carbocycles. The maximum absolute atomic E-state index is 13.5. The summed E-state index contributed by atoms with van der Waals surface area (Å²) >= 11 is 0. The van der Waals surface area contributed by atoms with Crippen LogP contribution < -0.4 is 32.3 Å². The zero-order valence-corrected chi connectivity index (χ0v) is 26.2. The van der Waals surface area contributed by atoms with Gasteiger partial charge in [0, 0.05) is 41.4 Å². The molecule has 48 heavy (non-hydrogen) atoms. The first kappa shape index (κ1) is 33.1. The molecule has 2 aromatic carbocycles. The number of benzene rings is 2. The van der Waals surface area contributed by atoms with E-state index in [2.05, 4.69) is 26.6 Å². The summed E-state index contributed by atoms with van der Waals surface area (Å²) in [6, 6.07) is 14.9. The van der Waals surface area contributed by atoms with E-state index in [1.807, 2.05) is 66.2 Å². The Morgan fingerprint density at radius 1 is 0.792 bits per heavy atom. The van der Waals surface area contributed by atoms with Crippen molar-refractivity contribution in [2.75, 3.05) is 19.6 Å². The quantitative estimate of drug-likeness (QED) is 0.104. The van der Waals surface area contributed by atoms with E-state index >= 15 is 0 Å². The number of nitrogens with one attached hydrogen (secondary N) is 5. The Hall–Kier alpha value is -6.25. The molecule has 0 saturated heterocycles. The fraction of sp³-hybridized carbons (Fsp3) is 0.242. The highest BCUT2D eigenvalue weighted by atomic mass is 16.2. The van der Waals surface area contributed by atoms with E-state index in [-0.39, 0.29) is 17.6 Å². The van der Waals surface area contributed by atoms with Crippen molar-refractivity contribution in [2.24, 2.45) is 12.8 Å². The molecule has 1 unspecified atom stereocenters. The van der Waals surface area contributed by atoms with Gasteiger partial charge in [0.05, 0.1) is 43.2 Å². The second-order valence-electron chi connectivity index (χ2n) is 11.3. The standard InChI is InChI=1S/C33H34N8O7/c1-18(31(34)46)38-28(45)16-37-27(44)15-36-26(43)14-35-25(42)13-24(41-12-11-19-7-3-5-9-22(19)41)30-29(32(47)39-33(30)48)21-17-40(2)23-10-6-4-8-20(21)23/h3-12,17-18,24H,13-16H2,1-2H3,(H2,34,46)(H,35,42)(H,36,43)(H,37,44)(H,38,45)(H,39,47,48)/t18-,24?/m0/s1. The summed E-state index contributed by atoms with van der Waals surface area (Å²) in [5.41, 5.74) is 7.49. The van der Waals surface area contributed by atoms with Crippen LogP contribution >= 0.6 is 0 Å². The van der Waals surface area contributed by atoms with Crippen molar-refractivity contribution >= 4 is 68.7 Å². The van der Waals surface area contributed by atoms with Crippen molar-refractivity contribution in [1.82, 2.24) is 35.7 Å². The van der Waals surface area contributed by atoms with Gasteiger partial charge in [-0.05, 0) is 30.5 Å². The number of imide groups is 1. The third-order valence-corrected chi connectivity index (χ3v) is 7.95. The Balaban J connectivity index is 1.32. The smallest absolute Gasteiger partial charge is 0.259 e. The molecule has 248 valence electrons. The molecule has 2 aromatic heterocycles. The molecule has 15 nitrogen and oxygen atoms in total. The average Bonchev–Trinajstić information content (AvgIpc) is 3.73. The number of nitrogens with two attached hydrogens (primary N) is 1. The molecule has 15 heteroatoms. The summed E-state index contributed by atoms with van der Waals surface area (Å²) in [5, 5.41) is 13.5. The van der Waals surface area contributed by atoms with Crippen LogP contribution in [-0.4, -0.2) is 76.2 Å². The third-order valence-electron chi connectivity index (χ3n) is 7.95. The molecule has 1 aliphatic rings. The molecule has 0 radical (unpaired) electrons. The summed E-state index contributed by atoms with van der Waals surface area (Å²) in [6.45, 7) is -0.00912. The van der Waals surface area contributed by atoms with Gasteiger partial charge >= 0.3 is 0 Å². The van der Waals surface area contributed by atoms with Crippen LogP contribution in [0.3, 0.4) is 0 Å². The number of hydrogen-bond donors (Lipinski definition) is 6. The first-order valence-electron chi connectivity index (χ1n) is 15.0. The summed E-state index contributed by atoms with van der Waals surface area (Å²) in [7, 11) is 1.84. The van der Waals surface area contributed by atoms with Gasteiger partial charge in [-0.25, -0.2) is 0 Å². The Morgan fingerprint density at radius 3 is 2.08 bits per heavy atom. The number of nitrogens with zero attached hydrogens (tertiary/aromatic N) is 2. The number of carbonyl (C=O) groups is 7. The zero-order chi connectivity index (χ0) is 34.5. The van der Waals surface area contributed by atoms with E-state index in [0.29, 0.717) is 5.56 Å². The van der Waals surface area contributed by atoms with Crippen LogP contribution in [0.5, 0.6) is 0 Å². The van der Waals surface area contributed by atoms with Crippen molar-refractivity contribution in [3.05, 3.63) is 78.1 Å². The number of hydrogen-bond acceptors (Lipinski definition) is 7. The van der Waals surface area contributed by atoms with Gasteiger partial charge in [0.1, 0.15) is 6.04 Å². The van der Waals surface area contributed by atoms with Gasteiger partial charge in [0.15, 0.2) is 0 Å². The van der Waals surface area contributed by atoms with Crippen molar-refractivity contribution in [3.8, 4) is 0 Å². The Bertz CT molecular complexity index is 2010. The van der Waals surface area contributed by atoms with Gasteiger partial charge in [0.2, 0.25) is 29.5 Å². The summed E-state index contributed by atoms with van der Waals surface area (Å²) < 4.78 is 3.62. The molecule has 0 spiro atoms. The number of carbonyl (C=O) groups excluding carboxylic acids is 7. The number of fused-ring (bicyclic) bond motifs is 2. The predicted octanol–water partition coefficient (Wildman–Crippen LogP) is -0.487. The topological polar surface area (TPSA) is 216 Å². The second-order valence-corrected chi connectivity index (χ2v) is 11.3. The molecule has 3 heterocycles. The minimum atomic E-state index is -0.928. The van der Waals surface area contributed by atoms with Crippen LogP contribution in [0, 0.1) is 0 Å². The van der Waals surface area contributed by atoms with Crippen LogP contribution in [0.15, 0.2) is 72.6 Å². The van der Waals surface area contributed by atoms with Crippen molar-refractivity contribution in [2.45, 2.75) is 25.4 Å². The van der Waals surface area contributed by atoms with Crippen LogP contribution in [-0.2, 0) is 40.6 Å². The number of primary amides is 1. The molecule has 1 aliphatic heterocycles. The molecule has 2 atom stereocenters. The lowest BCUT2D eigenvalue weighted by molar-refractivity contribution is -0.129. The van der Waals surface area contributed by atoms with Crippen molar-refractivity contribution < 1.29 is 33.6 Å². The van der Waals surface area contributed by atoms with Gasteiger partial charge in [0.25, 0.3) is 11.8 Å². The van der Waals surface area contributed by atoms with Crippen LogP contribution in [0.4, 0.5) is 0 Å².